The maximum Gasteiger partial charge on any atom is 0.323 e. The van der Waals surface area contributed by atoms with Gasteiger partial charge in [0.2, 0.25) is 0 Å². The van der Waals surface area contributed by atoms with E-state index in [9.17, 15) is 13.9 Å². The highest BCUT2D eigenvalue weighted by Gasteiger charge is 2.57. The van der Waals surface area contributed by atoms with Gasteiger partial charge in [0.25, 0.3) is 0 Å². The van der Waals surface area contributed by atoms with Crippen molar-refractivity contribution in [3.63, 3.8) is 0 Å². The van der Waals surface area contributed by atoms with Crippen LogP contribution < -0.4 is 0 Å². The van der Waals surface area contributed by atoms with Gasteiger partial charge in [0.1, 0.15) is 23.7 Å². The van der Waals surface area contributed by atoms with Crippen molar-refractivity contribution < 1.29 is 22.7 Å². The molecular formula is C22H17F4N5O. The lowest BCUT2D eigenvalue weighted by molar-refractivity contribution is -0.207. The van der Waals surface area contributed by atoms with Gasteiger partial charge < -0.3 is 5.11 Å². The number of nitrogens with zero attached hydrogens (tertiary/aromatic N) is 5. The third-order valence-electron chi connectivity index (χ3n) is 5.15. The predicted octanol–water partition coefficient (Wildman–Crippen LogP) is 4.00. The molecule has 2 aromatic heterocycles. The summed E-state index contributed by atoms with van der Waals surface area (Å²) in [6, 6.07) is 11.9. The van der Waals surface area contributed by atoms with Crippen molar-refractivity contribution in [3.05, 3.63) is 95.6 Å². The smallest absolute Gasteiger partial charge is 0.323 e. The number of hydrogen-bond donors (Lipinski definition) is 1. The Morgan fingerprint density at radius 2 is 1.69 bits per heavy atom. The third kappa shape index (κ3) is 3.84. The molecule has 0 spiro atoms. The van der Waals surface area contributed by atoms with E-state index in [1.165, 1.54) is 12.3 Å². The average molecular weight is 443 g/mol. The Hall–Kier alpha value is -3.66. The zero-order valence-corrected chi connectivity index (χ0v) is 16.8. The Labute approximate surface area is 180 Å². The summed E-state index contributed by atoms with van der Waals surface area (Å²) in [4.78, 5) is 3.85. The van der Waals surface area contributed by atoms with Crippen molar-refractivity contribution in [1.82, 2.24) is 25.2 Å². The number of aryl methyl sites for hydroxylation is 1. The first-order valence-corrected chi connectivity index (χ1v) is 9.51. The molecule has 0 aliphatic carbocycles. The van der Waals surface area contributed by atoms with E-state index in [0.29, 0.717) is 11.6 Å². The Morgan fingerprint density at radius 3 is 2.28 bits per heavy atom. The summed E-state index contributed by atoms with van der Waals surface area (Å²) < 4.78 is 60.1. The first-order valence-electron chi connectivity index (χ1n) is 9.51. The van der Waals surface area contributed by atoms with Crippen LogP contribution in [0.15, 0.2) is 67.1 Å². The molecule has 1 atom stereocenters. The number of aliphatic hydroxyl groups is 1. The molecule has 0 unspecified atom stereocenters. The minimum atomic E-state index is -4.09. The van der Waals surface area contributed by atoms with E-state index in [1.54, 1.807) is 0 Å². The second kappa shape index (κ2) is 8.12. The van der Waals surface area contributed by atoms with E-state index in [-0.39, 0.29) is 0 Å². The molecule has 0 saturated heterocycles. The Kier molecular flexibility index (Phi) is 5.47. The first kappa shape index (κ1) is 21.6. The van der Waals surface area contributed by atoms with Gasteiger partial charge in [-0.2, -0.15) is 8.78 Å². The van der Waals surface area contributed by atoms with Crippen LogP contribution in [0.2, 0.25) is 0 Å². The van der Waals surface area contributed by atoms with Crippen LogP contribution in [0.1, 0.15) is 16.8 Å². The molecule has 4 aromatic rings. The molecule has 0 amide bonds. The zero-order valence-electron chi connectivity index (χ0n) is 16.8. The number of pyridine rings is 1. The number of hydrogen-bond acceptors (Lipinski definition) is 5. The number of tetrazole rings is 1. The van der Waals surface area contributed by atoms with E-state index in [1.807, 2.05) is 31.2 Å². The largest absolute Gasteiger partial charge is 0.377 e. The molecule has 0 saturated carbocycles. The van der Waals surface area contributed by atoms with Gasteiger partial charge in [-0.3, -0.25) is 4.98 Å². The predicted molar refractivity (Wildman–Crippen MR) is 106 cm³/mol. The molecule has 2 heterocycles. The average Bonchev–Trinajstić information content (AvgIpc) is 3.27. The van der Waals surface area contributed by atoms with Crippen LogP contribution in [0.4, 0.5) is 17.6 Å². The van der Waals surface area contributed by atoms with Gasteiger partial charge in [-0.15, -0.1) is 5.10 Å². The number of halogens is 4. The summed E-state index contributed by atoms with van der Waals surface area (Å²) in [6.07, 6.45) is 2.24. The standard InChI is InChI=1S/C22H17F4N5O/c1-14-2-4-15(5-3-14)16-6-9-20(27-11-16)22(25,26)21(32,12-31-13-28-29-30-31)18-8-7-17(23)10-19(18)24/h2-11,13,32H,12H2,1H3/t21-/m0/s1. The lowest BCUT2D eigenvalue weighted by Gasteiger charge is -2.35. The fourth-order valence-electron chi connectivity index (χ4n) is 3.37. The van der Waals surface area contributed by atoms with Gasteiger partial charge >= 0.3 is 5.92 Å². The summed E-state index contributed by atoms with van der Waals surface area (Å²) in [6.45, 7) is 1.02. The molecule has 1 N–H and O–H groups in total. The second-order valence-electron chi connectivity index (χ2n) is 7.36. The molecular weight excluding hydrogens is 426 g/mol. The van der Waals surface area contributed by atoms with E-state index in [4.69, 9.17) is 0 Å². The van der Waals surface area contributed by atoms with Crippen molar-refractivity contribution in [1.29, 1.82) is 0 Å². The summed E-state index contributed by atoms with van der Waals surface area (Å²) in [7, 11) is 0. The summed E-state index contributed by atoms with van der Waals surface area (Å²) >= 11 is 0. The lowest BCUT2D eigenvalue weighted by Crippen LogP contribution is -2.48. The first-order chi connectivity index (χ1) is 15.2. The van der Waals surface area contributed by atoms with Crippen molar-refractivity contribution in [3.8, 4) is 11.1 Å². The van der Waals surface area contributed by atoms with E-state index in [2.05, 4.69) is 20.5 Å². The van der Waals surface area contributed by atoms with Gasteiger partial charge in [-0.1, -0.05) is 35.9 Å². The van der Waals surface area contributed by atoms with E-state index >= 15 is 8.78 Å². The van der Waals surface area contributed by atoms with Gasteiger partial charge in [-0.25, -0.2) is 13.5 Å². The van der Waals surface area contributed by atoms with Crippen molar-refractivity contribution >= 4 is 0 Å². The van der Waals surface area contributed by atoms with Crippen LogP contribution in [0.5, 0.6) is 0 Å². The minimum absolute atomic E-state index is 0.421. The Bertz CT molecular complexity index is 1210. The fourth-order valence-corrected chi connectivity index (χ4v) is 3.37. The van der Waals surface area contributed by atoms with E-state index in [0.717, 1.165) is 40.3 Å². The number of rotatable bonds is 6. The molecule has 0 fully saturated rings. The third-order valence-corrected chi connectivity index (χ3v) is 5.15. The van der Waals surface area contributed by atoms with Crippen LogP contribution in [-0.2, 0) is 18.1 Å². The van der Waals surface area contributed by atoms with Gasteiger partial charge in [0, 0.05) is 23.4 Å². The normalized spacial score (nSPS) is 13.7. The topological polar surface area (TPSA) is 76.7 Å². The van der Waals surface area contributed by atoms with Crippen LogP contribution in [0, 0.1) is 18.6 Å². The molecule has 0 aliphatic heterocycles. The summed E-state index contributed by atoms with van der Waals surface area (Å²) in [5.74, 6) is -6.40. The fraction of sp³-hybridized carbons (Fsp3) is 0.182. The zero-order chi connectivity index (χ0) is 22.9. The van der Waals surface area contributed by atoms with Gasteiger partial charge in [-0.05, 0) is 41.1 Å². The summed E-state index contributed by atoms with van der Waals surface area (Å²) in [5, 5.41) is 21.3. The van der Waals surface area contributed by atoms with Crippen LogP contribution >= 0.6 is 0 Å². The number of aromatic nitrogens is 5. The van der Waals surface area contributed by atoms with Crippen LogP contribution in [-0.4, -0.2) is 30.3 Å². The maximum absolute atomic E-state index is 15.7. The highest BCUT2D eigenvalue weighted by Crippen LogP contribution is 2.46. The Morgan fingerprint density at radius 1 is 0.969 bits per heavy atom. The molecule has 4 rings (SSSR count). The monoisotopic (exact) mass is 443 g/mol. The highest BCUT2D eigenvalue weighted by atomic mass is 19.3. The van der Waals surface area contributed by atoms with Crippen LogP contribution in [0.25, 0.3) is 11.1 Å². The minimum Gasteiger partial charge on any atom is -0.377 e. The quantitative estimate of drug-likeness (QED) is 0.456. The number of alkyl halides is 2. The SMILES string of the molecule is Cc1ccc(-c2ccc(C(F)(F)[C@](O)(Cn3cnnn3)c3ccc(F)cc3F)nc2)cc1. The maximum atomic E-state index is 15.7. The number of benzene rings is 2. The van der Waals surface area contributed by atoms with Crippen molar-refractivity contribution in [2.75, 3.05) is 0 Å². The molecule has 0 aliphatic rings. The molecule has 10 heteroatoms. The molecule has 0 bridgehead atoms. The van der Waals surface area contributed by atoms with Crippen molar-refractivity contribution in [2.24, 2.45) is 0 Å². The molecule has 6 nitrogen and oxygen atoms in total. The lowest BCUT2D eigenvalue weighted by atomic mass is 9.84. The van der Waals surface area contributed by atoms with Crippen LogP contribution in [0.3, 0.4) is 0 Å². The van der Waals surface area contributed by atoms with E-state index < -0.39 is 41.0 Å². The summed E-state index contributed by atoms with van der Waals surface area (Å²) in [5.41, 5.74) is -2.39. The second-order valence-corrected chi connectivity index (χ2v) is 7.36. The molecule has 0 radical (unpaired) electrons. The van der Waals surface area contributed by atoms with Gasteiger partial charge in [0.05, 0.1) is 6.54 Å². The molecule has 164 valence electrons. The molecule has 32 heavy (non-hydrogen) atoms. The molecule has 2 aromatic carbocycles. The van der Waals surface area contributed by atoms with Crippen molar-refractivity contribution in [2.45, 2.75) is 25.0 Å². The Balaban J connectivity index is 1.78. The van der Waals surface area contributed by atoms with Gasteiger partial charge in [0.15, 0.2) is 5.60 Å². The highest BCUT2D eigenvalue weighted by molar-refractivity contribution is 5.62.